The largest absolute Gasteiger partial charge is 0.416 e. The highest BCUT2D eigenvalue weighted by Gasteiger charge is 2.30. The number of H-pyrrole nitrogens is 1. The highest BCUT2D eigenvalue weighted by Crippen LogP contribution is 2.40. The Balaban J connectivity index is 1.70. The zero-order valence-corrected chi connectivity index (χ0v) is 12.7. The van der Waals surface area contributed by atoms with Gasteiger partial charge in [0.05, 0.1) is 10.4 Å². The van der Waals surface area contributed by atoms with Crippen LogP contribution in [0.5, 0.6) is 0 Å². The highest BCUT2D eigenvalue weighted by molar-refractivity contribution is 7.15. The molecule has 1 aliphatic carbocycles. The molecule has 1 aliphatic rings. The van der Waals surface area contributed by atoms with Crippen LogP contribution in [0.4, 0.5) is 18.3 Å². The number of nitrogens with one attached hydrogen (secondary N) is 1. The maximum Gasteiger partial charge on any atom is 0.416 e. The zero-order valence-electron chi connectivity index (χ0n) is 11.9. The summed E-state index contributed by atoms with van der Waals surface area (Å²) in [5.41, 5.74) is 10.2. The van der Waals surface area contributed by atoms with Crippen molar-refractivity contribution in [2.75, 3.05) is 5.73 Å². The van der Waals surface area contributed by atoms with Crippen molar-refractivity contribution in [3.05, 3.63) is 58.5 Å². The Bertz CT molecular complexity index is 895. The molecule has 0 fully saturated rings. The first-order chi connectivity index (χ1) is 10.9. The average Bonchev–Trinajstić information content (AvgIpc) is 3.01. The molecule has 2 nitrogen and oxygen atoms in total. The fourth-order valence-corrected chi connectivity index (χ4v) is 3.84. The van der Waals surface area contributed by atoms with Crippen LogP contribution in [-0.2, 0) is 12.6 Å². The Kier molecular flexibility index (Phi) is 2.99. The molecule has 2 aromatic carbocycles. The Morgan fingerprint density at radius 1 is 1.00 bits per heavy atom. The molecule has 6 heteroatoms. The first kappa shape index (κ1) is 14.3. The number of nitrogen functional groups attached to an aromatic ring is 1. The minimum Gasteiger partial charge on any atom is -0.278 e. The van der Waals surface area contributed by atoms with Crippen molar-refractivity contribution in [1.82, 2.24) is 0 Å². The van der Waals surface area contributed by atoms with E-state index in [0.29, 0.717) is 5.13 Å². The summed E-state index contributed by atoms with van der Waals surface area (Å²) >= 11 is 1.54. The van der Waals surface area contributed by atoms with Crippen molar-refractivity contribution in [3.8, 4) is 22.4 Å². The van der Waals surface area contributed by atoms with Gasteiger partial charge >= 0.3 is 11.3 Å². The SMILES string of the molecule is Nc1[nH+]c2c(s1)Cc1cc(-c3ccc(C(F)(F)F)cc3)ccc1-2. The van der Waals surface area contributed by atoms with Crippen LogP contribution in [0.25, 0.3) is 22.4 Å². The van der Waals surface area contributed by atoms with E-state index in [1.807, 2.05) is 18.2 Å². The van der Waals surface area contributed by atoms with Crippen LogP contribution < -0.4 is 10.7 Å². The second-order valence-corrected chi connectivity index (χ2v) is 6.65. The molecule has 0 aliphatic heterocycles. The summed E-state index contributed by atoms with van der Waals surface area (Å²) in [5, 5.41) is 0.687. The molecule has 0 saturated carbocycles. The molecule has 0 spiro atoms. The number of anilines is 1. The third-order valence-corrected chi connectivity index (χ3v) is 4.95. The van der Waals surface area contributed by atoms with Crippen LogP contribution in [0.15, 0.2) is 42.5 Å². The number of halogens is 3. The number of thiazole rings is 1. The topological polar surface area (TPSA) is 40.2 Å². The number of benzene rings is 2. The molecule has 0 amide bonds. The van der Waals surface area contributed by atoms with E-state index in [9.17, 15) is 13.2 Å². The number of alkyl halides is 3. The van der Waals surface area contributed by atoms with E-state index in [1.54, 1.807) is 0 Å². The zero-order chi connectivity index (χ0) is 16.2. The minimum atomic E-state index is -4.31. The van der Waals surface area contributed by atoms with E-state index in [-0.39, 0.29) is 0 Å². The van der Waals surface area contributed by atoms with Crippen LogP contribution in [0.3, 0.4) is 0 Å². The molecule has 1 aromatic heterocycles. The monoisotopic (exact) mass is 333 g/mol. The second kappa shape index (κ2) is 4.83. The van der Waals surface area contributed by atoms with E-state index in [4.69, 9.17) is 5.73 Å². The predicted molar refractivity (Wildman–Crippen MR) is 84.0 cm³/mol. The molecular formula is C17H12F3N2S+. The van der Waals surface area contributed by atoms with Gasteiger partial charge in [-0.05, 0) is 34.9 Å². The van der Waals surface area contributed by atoms with Crippen molar-refractivity contribution in [1.29, 1.82) is 0 Å². The van der Waals surface area contributed by atoms with Crippen molar-refractivity contribution in [2.24, 2.45) is 0 Å². The Morgan fingerprint density at radius 2 is 1.70 bits per heavy atom. The smallest absolute Gasteiger partial charge is 0.278 e. The molecule has 116 valence electrons. The van der Waals surface area contributed by atoms with Gasteiger partial charge in [-0.25, -0.2) is 4.98 Å². The summed E-state index contributed by atoms with van der Waals surface area (Å²) in [4.78, 5) is 4.36. The molecule has 1 heterocycles. The summed E-state index contributed by atoms with van der Waals surface area (Å²) in [6.07, 6.45) is -3.50. The predicted octanol–water partition coefficient (Wildman–Crippen LogP) is 4.40. The number of hydrogen-bond acceptors (Lipinski definition) is 2. The number of fused-ring (bicyclic) bond motifs is 3. The summed E-state index contributed by atoms with van der Waals surface area (Å²) < 4.78 is 37.9. The van der Waals surface area contributed by atoms with Crippen molar-refractivity contribution in [3.63, 3.8) is 0 Å². The second-order valence-electron chi connectivity index (χ2n) is 5.51. The number of aromatic nitrogens is 1. The fraction of sp³-hybridized carbons (Fsp3) is 0.118. The third kappa shape index (κ3) is 2.39. The van der Waals surface area contributed by atoms with Crippen LogP contribution in [0, 0.1) is 0 Å². The van der Waals surface area contributed by atoms with Gasteiger partial charge in [0.2, 0.25) is 0 Å². The van der Waals surface area contributed by atoms with Gasteiger partial charge in [0.15, 0.2) is 0 Å². The first-order valence-electron chi connectivity index (χ1n) is 7.03. The van der Waals surface area contributed by atoms with Gasteiger partial charge < -0.3 is 0 Å². The normalized spacial score (nSPS) is 13.0. The summed E-state index contributed by atoms with van der Waals surface area (Å²) in [6.45, 7) is 0. The first-order valence-corrected chi connectivity index (χ1v) is 7.85. The Hall–Kier alpha value is -2.34. The molecule has 0 saturated heterocycles. The van der Waals surface area contributed by atoms with Gasteiger partial charge in [-0.3, -0.25) is 5.73 Å². The lowest BCUT2D eigenvalue weighted by atomic mass is 9.99. The van der Waals surface area contributed by atoms with Crippen LogP contribution in [0.1, 0.15) is 16.0 Å². The molecule has 0 unspecified atom stereocenters. The molecule has 0 atom stereocenters. The Morgan fingerprint density at radius 3 is 2.39 bits per heavy atom. The number of rotatable bonds is 1. The maximum absolute atomic E-state index is 12.6. The highest BCUT2D eigenvalue weighted by atomic mass is 32.1. The lowest BCUT2D eigenvalue weighted by molar-refractivity contribution is -0.340. The molecule has 3 aromatic rings. The minimum absolute atomic E-state index is 0.630. The lowest BCUT2D eigenvalue weighted by Crippen LogP contribution is -2.06. The van der Waals surface area contributed by atoms with E-state index in [0.717, 1.165) is 40.9 Å². The van der Waals surface area contributed by atoms with Gasteiger partial charge in [-0.1, -0.05) is 35.6 Å². The van der Waals surface area contributed by atoms with Gasteiger partial charge in [0.25, 0.3) is 0 Å². The van der Waals surface area contributed by atoms with Crippen LogP contribution >= 0.6 is 11.3 Å². The van der Waals surface area contributed by atoms with E-state index < -0.39 is 11.7 Å². The number of hydrogen-bond donors (Lipinski definition) is 1. The van der Waals surface area contributed by atoms with Crippen molar-refractivity contribution >= 4 is 16.5 Å². The van der Waals surface area contributed by atoms with Crippen LogP contribution in [0.2, 0.25) is 0 Å². The maximum atomic E-state index is 12.6. The number of aromatic amines is 1. The van der Waals surface area contributed by atoms with Gasteiger partial charge in [0.1, 0.15) is 5.69 Å². The van der Waals surface area contributed by atoms with Gasteiger partial charge in [-0.15, -0.1) is 0 Å². The van der Waals surface area contributed by atoms with E-state index in [1.165, 1.54) is 33.9 Å². The molecule has 23 heavy (non-hydrogen) atoms. The standard InChI is InChI=1S/C17H11F3N2S/c18-17(19,20)12-4-1-9(2-5-12)10-3-6-13-11(7-10)8-14-15(13)22-16(21)23-14/h1-7H,8H2,(H2,21,22)/p+1. The van der Waals surface area contributed by atoms with E-state index in [2.05, 4.69) is 4.98 Å². The van der Waals surface area contributed by atoms with Crippen LogP contribution in [-0.4, -0.2) is 0 Å². The molecule has 3 N–H and O–H groups in total. The Labute approximate surface area is 134 Å². The fourth-order valence-electron chi connectivity index (χ4n) is 2.93. The van der Waals surface area contributed by atoms with Crippen molar-refractivity contribution in [2.45, 2.75) is 12.6 Å². The molecular weight excluding hydrogens is 321 g/mol. The summed E-state index contributed by atoms with van der Waals surface area (Å²) in [7, 11) is 0. The van der Waals surface area contributed by atoms with Crippen molar-refractivity contribution < 1.29 is 18.2 Å². The molecule has 4 rings (SSSR count). The summed E-state index contributed by atoms with van der Waals surface area (Å²) in [6, 6.07) is 11.2. The van der Waals surface area contributed by atoms with E-state index >= 15 is 0 Å². The lowest BCUT2D eigenvalue weighted by Gasteiger charge is -2.09. The molecule has 0 radical (unpaired) electrons. The summed E-state index contributed by atoms with van der Waals surface area (Å²) in [5.74, 6) is 0. The average molecular weight is 333 g/mol. The molecule has 0 bridgehead atoms. The quantitative estimate of drug-likeness (QED) is 0.551. The third-order valence-electron chi connectivity index (χ3n) is 4.03. The number of nitrogens with two attached hydrogens (primary N) is 1. The van der Waals surface area contributed by atoms with Gasteiger partial charge in [0, 0.05) is 12.0 Å². The van der Waals surface area contributed by atoms with Gasteiger partial charge in [-0.2, -0.15) is 13.2 Å².